The van der Waals surface area contributed by atoms with Crippen LogP contribution in [0, 0.1) is 5.92 Å². The third-order valence-corrected chi connectivity index (χ3v) is 4.07. The first-order valence-corrected chi connectivity index (χ1v) is 7.94. The van der Waals surface area contributed by atoms with Gasteiger partial charge >= 0.3 is 0 Å². The molecule has 0 unspecified atom stereocenters. The van der Waals surface area contributed by atoms with Crippen molar-refractivity contribution < 1.29 is 4.74 Å². The minimum Gasteiger partial charge on any atom is -0.477 e. The third-order valence-electron chi connectivity index (χ3n) is 4.07. The molecule has 21 heavy (non-hydrogen) atoms. The maximum atomic E-state index is 6.04. The van der Waals surface area contributed by atoms with Crippen LogP contribution in [0.1, 0.15) is 37.7 Å². The Morgan fingerprint density at radius 3 is 2.76 bits per heavy atom. The standard InChI is InChI=1S/C16H24N4O/c17-16(20-8-2-1-3-9-20)19-11-14-6-7-15(18-10-14)21-12-13-4-5-13/h6-7,10,13H,1-5,8-9,11-12H2,(H2,17,19). The molecule has 0 spiro atoms. The molecular formula is C16H24N4O. The van der Waals surface area contributed by atoms with Crippen molar-refractivity contribution in [1.29, 1.82) is 0 Å². The number of aromatic nitrogens is 1. The summed E-state index contributed by atoms with van der Waals surface area (Å²) in [5, 5.41) is 0. The number of hydrogen-bond acceptors (Lipinski definition) is 3. The van der Waals surface area contributed by atoms with Gasteiger partial charge in [0.2, 0.25) is 5.88 Å². The highest BCUT2D eigenvalue weighted by atomic mass is 16.5. The molecule has 2 heterocycles. The first-order valence-electron chi connectivity index (χ1n) is 7.94. The van der Waals surface area contributed by atoms with Crippen molar-refractivity contribution in [1.82, 2.24) is 9.88 Å². The Morgan fingerprint density at radius 1 is 1.29 bits per heavy atom. The lowest BCUT2D eigenvalue weighted by atomic mass is 10.1. The summed E-state index contributed by atoms with van der Waals surface area (Å²) >= 11 is 0. The Hall–Kier alpha value is -1.78. The summed E-state index contributed by atoms with van der Waals surface area (Å²) in [6, 6.07) is 3.94. The van der Waals surface area contributed by atoms with Gasteiger partial charge in [0.1, 0.15) is 0 Å². The summed E-state index contributed by atoms with van der Waals surface area (Å²) in [6.45, 7) is 3.44. The number of guanidine groups is 1. The van der Waals surface area contributed by atoms with Crippen molar-refractivity contribution >= 4 is 5.96 Å². The number of ether oxygens (including phenoxy) is 1. The van der Waals surface area contributed by atoms with E-state index in [9.17, 15) is 0 Å². The lowest BCUT2D eigenvalue weighted by molar-refractivity contribution is 0.288. The quantitative estimate of drug-likeness (QED) is 0.666. The second kappa shape index (κ2) is 6.78. The second-order valence-electron chi connectivity index (χ2n) is 5.98. The molecule has 0 atom stereocenters. The Morgan fingerprint density at radius 2 is 2.10 bits per heavy atom. The van der Waals surface area contributed by atoms with Crippen LogP contribution in [0.15, 0.2) is 23.3 Å². The first-order chi connectivity index (χ1) is 10.3. The van der Waals surface area contributed by atoms with E-state index in [1.54, 1.807) is 0 Å². The molecule has 2 fully saturated rings. The van der Waals surface area contributed by atoms with Crippen LogP contribution < -0.4 is 10.5 Å². The number of nitrogens with zero attached hydrogens (tertiary/aromatic N) is 3. The molecule has 2 N–H and O–H groups in total. The smallest absolute Gasteiger partial charge is 0.213 e. The van der Waals surface area contributed by atoms with Gasteiger partial charge in [-0.15, -0.1) is 0 Å². The van der Waals surface area contributed by atoms with Gasteiger partial charge in [-0.3, -0.25) is 0 Å². The number of likely N-dealkylation sites (tertiary alicyclic amines) is 1. The predicted octanol–water partition coefficient (Wildman–Crippen LogP) is 2.17. The van der Waals surface area contributed by atoms with Gasteiger partial charge < -0.3 is 15.4 Å². The molecule has 1 aliphatic heterocycles. The van der Waals surface area contributed by atoms with E-state index in [0.717, 1.165) is 31.2 Å². The first kappa shape index (κ1) is 14.2. The molecule has 0 radical (unpaired) electrons. The number of rotatable bonds is 5. The summed E-state index contributed by atoms with van der Waals surface area (Å²) in [5.41, 5.74) is 7.11. The summed E-state index contributed by atoms with van der Waals surface area (Å²) in [6.07, 6.45) is 8.14. The van der Waals surface area contributed by atoms with Crippen LogP contribution in [-0.4, -0.2) is 35.5 Å². The van der Waals surface area contributed by atoms with Crippen molar-refractivity contribution in [3.05, 3.63) is 23.9 Å². The van der Waals surface area contributed by atoms with Crippen LogP contribution in [0.5, 0.6) is 5.88 Å². The molecular weight excluding hydrogens is 264 g/mol. The SMILES string of the molecule is NC(=NCc1ccc(OCC2CC2)nc1)N1CCCCC1. The molecule has 5 nitrogen and oxygen atoms in total. The highest BCUT2D eigenvalue weighted by molar-refractivity contribution is 5.78. The fourth-order valence-electron chi connectivity index (χ4n) is 2.47. The van der Waals surface area contributed by atoms with Crippen molar-refractivity contribution in [2.24, 2.45) is 16.6 Å². The van der Waals surface area contributed by atoms with Crippen molar-refractivity contribution in [2.45, 2.75) is 38.6 Å². The molecule has 1 saturated heterocycles. The zero-order valence-electron chi connectivity index (χ0n) is 12.5. The van der Waals surface area contributed by atoms with Crippen molar-refractivity contribution in [3.8, 4) is 5.88 Å². The van der Waals surface area contributed by atoms with E-state index in [2.05, 4.69) is 14.9 Å². The minimum atomic E-state index is 0.582. The Balaban J connectivity index is 1.49. The zero-order valence-corrected chi connectivity index (χ0v) is 12.5. The molecule has 5 heteroatoms. The van der Waals surface area contributed by atoms with E-state index >= 15 is 0 Å². The fourth-order valence-corrected chi connectivity index (χ4v) is 2.47. The molecule has 3 rings (SSSR count). The van der Waals surface area contributed by atoms with E-state index in [1.165, 1.54) is 32.1 Å². The molecule has 2 aliphatic rings. The predicted molar refractivity (Wildman–Crippen MR) is 83.2 cm³/mol. The average molecular weight is 288 g/mol. The zero-order chi connectivity index (χ0) is 14.5. The summed E-state index contributed by atoms with van der Waals surface area (Å²) < 4.78 is 5.63. The molecule has 0 aromatic carbocycles. The summed E-state index contributed by atoms with van der Waals surface area (Å²) in [4.78, 5) is 11.0. The summed E-state index contributed by atoms with van der Waals surface area (Å²) in [7, 11) is 0. The summed E-state index contributed by atoms with van der Waals surface area (Å²) in [5.74, 6) is 2.11. The number of hydrogen-bond donors (Lipinski definition) is 1. The van der Waals surface area contributed by atoms with E-state index < -0.39 is 0 Å². The van der Waals surface area contributed by atoms with Gasteiger partial charge in [0.15, 0.2) is 5.96 Å². The topological polar surface area (TPSA) is 63.7 Å². The van der Waals surface area contributed by atoms with Gasteiger partial charge in [-0.1, -0.05) is 6.07 Å². The minimum absolute atomic E-state index is 0.582. The Kier molecular flexibility index (Phi) is 4.58. The number of piperidine rings is 1. The highest BCUT2D eigenvalue weighted by Crippen LogP contribution is 2.29. The van der Waals surface area contributed by atoms with Gasteiger partial charge in [0, 0.05) is 25.4 Å². The number of nitrogens with two attached hydrogens (primary N) is 1. The van der Waals surface area contributed by atoms with Crippen molar-refractivity contribution in [2.75, 3.05) is 19.7 Å². The van der Waals surface area contributed by atoms with E-state index in [1.807, 2.05) is 18.3 Å². The number of pyridine rings is 1. The normalized spacial score (nSPS) is 19.6. The maximum absolute atomic E-state index is 6.04. The fraction of sp³-hybridized carbons (Fsp3) is 0.625. The van der Waals surface area contributed by atoms with Crippen LogP contribution in [0.25, 0.3) is 0 Å². The van der Waals surface area contributed by atoms with E-state index in [4.69, 9.17) is 10.5 Å². The lowest BCUT2D eigenvalue weighted by Crippen LogP contribution is -2.40. The Labute approximate surface area is 126 Å². The van der Waals surface area contributed by atoms with Gasteiger partial charge in [-0.2, -0.15) is 0 Å². The average Bonchev–Trinajstić information content (AvgIpc) is 3.37. The molecule has 1 aromatic heterocycles. The molecule has 0 bridgehead atoms. The van der Waals surface area contributed by atoms with E-state index in [0.29, 0.717) is 18.4 Å². The third kappa shape index (κ3) is 4.34. The Bertz CT molecular complexity index is 476. The van der Waals surface area contributed by atoms with Gasteiger partial charge in [-0.25, -0.2) is 9.98 Å². The van der Waals surface area contributed by atoms with Gasteiger partial charge in [0.05, 0.1) is 13.2 Å². The molecule has 1 aliphatic carbocycles. The van der Waals surface area contributed by atoms with Crippen molar-refractivity contribution in [3.63, 3.8) is 0 Å². The largest absolute Gasteiger partial charge is 0.477 e. The van der Waals surface area contributed by atoms with Gasteiger partial charge in [0.25, 0.3) is 0 Å². The monoisotopic (exact) mass is 288 g/mol. The highest BCUT2D eigenvalue weighted by Gasteiger charge is 2.22. The molecule has 0 amide bonds. The molecule has 114 valence electrons. The molecule has 1 saturated carbocycles. The second-order valence-corrected chi connectivity index (χ2v) is 5.98. The maximum Gasteiger partial charge on any atom is 0.213 e. The van der Waals surface area contributed by atoms with Crippen LogP contribution in [0.2, 0.25) is 0 Å². The van der Waals surface area contributed by atoms with Gasteiger partial charge in [-0.05, 0) is 43.6 Å². The van der Waals surface area contributed by atoms with Crippen LogP contribution in [0.4, 0.5) is 0 Å². The molecule has 1 aromatic rings. The van der Waals surface area contributed by atoms with E-state index in [-0.39, 0.29) is 0 Å². The van der Waals surface area contributed by atoms with Crippen LogP contribution in [0.3, 0.4) is 0 Å². The van der Waals surface area contributed by atoms with Crippen LogP contribution >= 0.6 is 0 Å². The lowest BCUT2D eigenvalue weighted by Gasteiger charge is -2.27. The number of aliphatic imine (C=N–C) groups is 1. The van der Waals surface area contributed by atoms with Crippen LogP contribution in [-0.2, 0) is 6.54 Å².